The molecule has 0 bridgehead atoms. The number of rotatable bonds is 2. The summed E-state index contributed by atoms with van der Waals surface area (Å²) >= 11 is -0.000556. The van der Waals surface area contributed by atoms with Crippen LogP contribution in [-0.4, -0.2) is 14.3 Å². The molecule has 0 amide bonds. The Kier molecular flexibility index (Phi) is 2.07. The molecule has 1 aromatic heterocycles. The Morgan fingerprint density at radius 3 is 3.00 bits per heavy atom. The summed E-state index contributed by atoms with van der Waals surface area (Å²) in [5, 5.41) is 12.0. The number of hydrogen-bond donors (Lipinski definition) is 1. The molecule has 0 saturated heterocycles. The second-order valence-corrected chi connectivity index (χ2v) is 1.95. The van der Waals surface area contributed by atoms with E-state index in [1.54, 1.807) is 6.07 Å². The minimum Gasteiger partial charge on any atom is -0.390 e. The first-order chi connectivity index (χ1) is 4.36. The molecule has 1 heterocycles. The van der Waals surface area contributed by atoms with Gasteiger partial charge in [-0.25, -0.2) is 0 Å². The van der Waals surface area contributed by atoms with Crippen LogP contribution >= 0.6 is 12.3 Å². The summed E-state index contributed by atoms with van der Waals surface area (Å²) in [5.41, 5.74) is 0.472. The standard InChI is InChI=1S/C4H5FN2OS/c5-9-7-2-1-4(3-8)6-7/h1-2,8H,3H2. The molecular weight excluding hydrogens is 143 g/mol. The number of aliphatic hydroxyl groups excluding tert-OH is 1. The van der Waals surface area contributed by atoms with Crippen LogP contribution < -0.4 is 0 Å². The van der Waals surface area contributed by atoms with Crippen LogP contribution in [0.1, 0.15) is 5.69 Å². The van der Waals surface area contributed by atoms with Crippen LogP contribution in [0.4, 0.5) is 3.89 Å². The molecule has 0 atom stereocenters. The average Bonchev–Trinajstić information content (AvgIpc) is 2.34. The third kappa shape index (κ3) is 1.43. The molecule has 0 radical (unpaired) electrons. The third-order valence-electron chi connectivity index (χ3n) is 0.854. The zero-order valence-corrected chi connectivity index (χ0v) is 5.31. The lowest BCUT2D eigenvalue weighted by molar-refractivity contribution is 0.276. The maximum absolute atomic E-state index is 11.6. The highest BCUT2D eigenvalue weighted by atomic mass is 32.2. The Hall–Kier alpha value is -0.550. The van der Waals surface area contributed by atoms with Crippen molar-refractivity contribution in [1.82, 2.24) is 9.19 Å². The molecule has 0 saturated carbocycles. The smallest absolute Gasteiger partial charge is 0.187 e. The van der Waals surface area contributed by atoms with Crippen molar-refractivity contribution in [2.45, 2.75) is 6.61 Å². The molecule has 0 aliphatic rings. The second kappa shape index (κ2) is 2.84. The molecular formula is C4H5FN2OS. The van der Waals surface area contributed by atoms with Gasteiger partial charge >= 0.3 is 0 Å². The van der Waals surface area contributed by atoms with Crippen molar-refractivity contribution in [2.75, 3.05) is 0 Å². The Morgan fingerprint density at radius 2 is 2.67 bits per heavy atom. The Morgan fingerprint density at radius 1 is 1.89 bits per heavy atom. The van der Waals surface area contributed by atoms with Crippen molar-refractivity contribution in [1.29, 1.82) is 0 Å². The molecule has 0 aromatic carbocycles. The van der Waals surface area contributed by atoms with Crippen molar-refractivity contribution in [3.63, 3.8) is 0 Å². The summed E-state index contributed by atoms with van der Waals surface area (Å²) in [6, 6.07) is 1.55. The largest absolute Gasteiger partial charge is 0.390 e. The van der Waals surface area contributed by atoms with E-state index >= 15 is 0 Å². The maximum atomic E-state index is 11.6. The number of nitrogens with zero attached hydrogens (tertiary/aromatic N) is 2. The van der Waals surface area contributed by atoms with E-state index in [0.717, 1.165) is 4.09 Å². The molecule has 1 N–H and O–H groups in total. The normalized spacial score (nSPS) is 10.0. The molecule has 0 aliphatic carbocycles. The first-order valence-corrected chi connectivity index (χ1v) is 2.98. The lowest BCUT2D eigenvalue weighted by Crippen LogP contribution is -1.86. The Bertz CT molecular complexity index is 172. The minimum atomic E-state index is -0.145. The van der Waals surface area contributed by atoms with E-state index in [9.17, 15) is 3.89 Å². The fraction of sp³-hybridized carbons (Fsp3) is 0.250. The molecule has 5 heteroatoms. The van der Waals surface area contributed by atoms with Gasteiger partial charge in [0.25, 0.3) is 0 Å². The first-order valence-electron chi connectivity index (χ1n) is 2.31. The van der Waals surface area contributed by atoms with Gasteiger partial charge in [0, 0.05) is 6.20 Å². The van der Waals surface area contributed by atoms with Crippen LogP contribution in [0.5, 0.6) is 0 Å². The fourth-order valence-corrected chi connectivity index (χ4v) is 0.708. The zero-order chi connectivity index (χ0) is 6.69. The molecule has 1 aromatic rings. The predicted molar refractivity (Wildman–Crippen MR) is 32.2 cm³/mol. The van der Waals surface area contributed by atoms with Gasteiger partial charge in [-0.2, -0.15) is 9.19 Å². The quantitative estimate of drug-likeness (QED) is 0.672. The molecule has 50 valence electrons. The molecule has 3 nitrogen and oxygen atoms in total. The summed E-state index contributed by atoms with van der Waals surface area (Å²) < 4.78 is 12.6. The molecule has 0 spiro atoms. The number of hydrogen-bond acceptors (Lipinski definition) is 3. The fourth-order valence-electron chi connectivity index (χ4n) is 0.466. The van der Waals surface area contributed by atoms with Gasteiger partial charge in [-0.3, -0.25) is 0 Å². The summed E-state index contributed by atoms with van der Waals surface area (Å²) in [7, 11) is 0. The molecule has 0 unspecified atom stereocenters. The second-order valence-electron chi connectivity index (χ2n) is 1.44. The van der Waals surface area contributed by atoms with Crippen molar-refractivity contribution < 1.29 is 8.99 Å². The van der Waals surface area contributed by atoms with E-state index in [-0.39, 0.29) is 18.9 Å². The topological polar surface area (TPSA) is 38.0 Å². The third-order valence-corrected chi connectivity index (χ3v) is 1.20. The van der Waals surface area contributed by atoms with Crippen molar-refractivity contribution >= 4 is 12.3 Å². The zero-order valence-electron chi connectivity index (χ0n) is 4.49. The van der Waals surface area contributed by atoms with Crippen LogP contribution in [0, 0.1) is 0 Å². The number of aromatic nitrogens is 2. The highest BCUT2D eigenvalue weighted by molar-refractivity contribution is 7.92. The van der Waals surface area contributed by atoms with Crippen LogP contribution in [0.25, 0.3) is 0 Å². The van der Waals surface area contributed by atoms with Gasteiger partial charge in [0.2, 0.25) is 0 Å². The molecule has 0 fully saturated rings. The van der Waals surface area contributed by atoms with E-state index in [1.807, 2.05) is 0 Å². The molecule has 1 rings (SSSR count). The minimum absolute atomic E-state index is 0.000556. The highest BCUT2D eigenvalue weighted by Gasteiger charge is 1.94. The van der Waals surface area contributed by atoms with Crippen molar-refractivity contribution in [2.24, 2.45) is 0 Å². The predicted octanol–water partition coefficient (Wildman–Crippen LogP) is 0.756. The van der Waals surface area contributed by atoms with E-state index in [0.29, 0.717) is 5.69 Å². The van der Waals surface area contributed by atoms with Crippen molar-refractivity contribution in [3.05, 3.63) is 18.0 Å². The summed E-state index contributed by atoms with van der Waals surface area (Å²) in [6.07, 6.45) is 1.44. The van der Waals surface area contributed by atoms with E-state index in [4.69, 9.17) is 5.11 Å². The summed E-state index contributed by atoms with van der Waals surface area (Å²) in [5.74, 6) is 0. The molecule has 9 heavy (non-hydrogen) atoms. The average molecular weight is 148 g/mol. The van der Waals surface area contributed by atoms with Gasteiger partial charge in [-0.05, 0) is 6.07 Å². The van der Waals surface area contributed by atoms with Gasteiger partial charge in [0.15, 0.2) is 12.3 Å². The van der Waals surface area contributed by atoms with Gasteiger partial charge in [-0.15, -0.1) is 3.89 Å². The summed E-state index contributed by atoms with van der Waals surface area (Å²) in [6.45, 7) is -0.145. The first kappa shape index (κ1) is 6.57. The highest BCUT2D eigenvalue weighted by Crippen LogP contribution is 2.05. The van der Waals surface area contributed by atoms with Crippen LogP contribution in [0.3, 0.4) is 0 Å². The van der Waals surface area contributed by atoms with E-state index in [2.05, 4.69) is 5.10 Å². The monoisotopic (exact) mass is 148 g/mol. The lowest BCUT2D eigenvalue weighted by atomic mass is 10.5. The SMILES string of the molecule is OCc1ccn(SF)n1. The number of halogens is 1. The van der Waals surface area contributed by atoms with Crippen molar-refractivity contribution in [3.8, 4) is 0 Å². The van der Waals surface area contributed by atoms with Gasteiger partial charge in [0.05, 0.1) is 12.3 Å². The van der Waals surface area contributed by atoms with Crippen LogP contribution in [0.15, 0.2) is 12.3 Å². The van der Waals surface area contributed by atoms with Crippen LogP contribution in [0.2, 0.25) is 0 Å². The summed E-state index contributed by atoms with van der Waals surface area (Å²) in [4.78, 5) is 0. The number of aliphatic hydroxyl groups is 1. The maximum Gasteiger partial charge on any atom is 0.187 e. The van der Waals surface area contributed by atoms with E-state index in [1.165, 1.54) is 6.20 Å². The molecule has 0 aliphatic heterocycles. The Labute approximate surface area is 55.9 Å². The van der Waals surface area contributed by atoms with E-state index < -0.39 is 0 Å². The lowest BCUT2D eigenvalue weighted by Gasteiger charge is -1.85. The van der Waals surface area contributed by atoms with Gasteiger partial charge in [0.1, 0.15) is 0 Å². The van der Waals surface area contributed by atoms with Crippen LogP contribution in [-0.2, 0) is 6.61 Å². The Balaban J connectivity index is 2.74. The van der Waals surface area contributed by atoms with Gasteiger partial charge in [-0.1, -0.05) is 0 Å². The van der Waals surface area contributed by atoms with Gasteiger partial charge < -0.3 is 5.11 Å².